The molecule has 5 rings (SSSR count). The molecule has 0 spiro atoms. The fourth-order valence-corrected chi connectivity index (χ4v) is 4.50. The van der Waals surface area contributed by atoms with Gasteiger partial charge < -0.3 is 19.1 Å². The van der Waals surface area contributed by atoms with Crippen LogP contribution in [0.1, 0.15) is 25.7 Å². The number of imidazole rings is 1. The highest BCUT2D eigenvalue weighted by Gasteiger charge is 2.35. The molecule has 1 aromatic heterocycles. The average Bonchev–Trinajstić information content (AvgIpc) is 3.50. The summed E-state index contributed by atoms with van der Waals surface area (Å²) in [4.78, 5) is 32.5. The van der Waals surface area contributed by atoms with Gasteiger partial charge >= 0.3 is 0 Å². The van der Waals surface area contributed by atoms with Crippen LogP contribution in [0.5, 0.6) is 11.5 Å². The molecule has 9 nitrogen and oxygen atoms in total. The largest absolute Gasteiger partial charge is 0.497 e. The molecule has 0 radical (unpaired) electrons. The normalized spacial score (nSPS) is 16.9. The SMILES string of the molecule is COc1ccc(-c2cn(-c3ccc(OC)cc3)c(NC(=O)CN(CC3CCCO3)C(=O)C3CC3)n2)cc1. The minimum absolute atomic E-state index is 0.0153. The fraction of sp³-hybridized carbons (Fsp3) is 0.393. The molecule has 1 aliphatic carbocycles. The second-order valence-corrected chi connectivity index (χ2v) is 9.42. The van der Waals surface area contributed by atoms with Crippen molar-refractivity contribution in [1.29, 1.82) is 0 Å². The quantitative estimate of drug-likeness (QED) is 0.450. The third kappa shape index (κ3) is 5.94. The van der Waals surface area contributed by atoms with Crippen LogP contribution in [-0.4, -0.2) is 66.3 Å². The van der Waals surface area contributed by atoms with E-state index in [-0.39, 0.29) is 30.4 Å². The Kier molecular flexibility index (Phi) is 7.41. The third-order valence-corrected chi connectivity index (χ3v) is 6.71. The van der Waals surface area contributed by atoms with Gasteiger partial charge in [-0.3, -0.25) is 19.5 Å². The maximum Gasteiger partial charge on any atom is 0.246 e. The molecule has 2 fully saturated rings. The van der Waals surface area contributed by atoms with Crippen LogP contribution in [0.25, 0.3) is 16.9 Å². The van der Waals surface area contributed by atoms with Gasteiger partial charge in [0.15, 0.2) is 0 Å². The molecule has 1 saturated heterocycles. The van der Waals surface area contributed by atoms with Crippen molar-refractivity contribution in [1.82, 2.24) is 14.5 Å². The molecule has 194 valence electrons. The minimum atomic E-state index is -0.298. The van der Waals surface area contributed by atoms with Crippen LogP contribution in [0.3, 0.4) is 0 Å². The number of anilines is 1. The van der Waals surface area contributed by atoms with Crippen molar-refractivity contribution >= 4 is 17.8 Å². The van der Waals surface area contributed by atoms with Gasteiger partial charge in [0.25, 0.3) is 0 Å². The predicted molar refractivity (Wildman–Crippen MR) is 139 cm³/mol. The summed E-state index contributed by atoms with van der Waals surface area (Å²) in [7, 11) is 3.24. The Hall–Kier alpha value is -3.85. The highest BCUT2D eigenvalue weighted by Crippen LogP contribution is 2.32. The highest BCUT2D eigenvalue weighted by molar-refractivity contribution is 5.94. The summed E-state index contributed by atoms with van der Waals surface area (Å²) in [5.41, 5.74) is 2.39. The Balaban J connectivity index is 1.39. The molecule has 37 heavy (non-hydrogen) atoms. The summed E-state index contributed by atoms with van der Waals surface area (Å²) < 4.78 is 18.1. The molecule has 2 amide bonds. The number of benzene rings is 2. The number of aromatic nitrogens is 2. The van der Waals surface area contributed by atoms with E-state index >= 15 is 0 Å². The van der Waals surface area contributed by atoms with E-state index in [1.807, 2.05) is 59.3 Å². The molecule has 2 heterocycles. The molecule has 0 bridgehead atoms. The Labute approximate surface area is 216 Å². The standard InChI is InChI=1S/C28H32N4O5/c1-35-22-11-7-19(8-12-22)25-17-32(21-9-13-23(36-2)14-10-21)28(29-25)30-26(33)18-31(27(34)20-5-6-20)16-24-4-3-15-37-24/h7-14,17,20,24H,3-6,15-16,18H2,1-2H3,(H,29,30,33). The van der Waals surface area contributed by atoms with Gasteiger partial charge in [-0.15, -0.1) is 0 Å². The lowest BCUT2D eigenvalue weighted by Crippen LogP contribution is -2.43. The molecule has 9 heteroatoms. The number of carbonyl (C=O) groups is 2. The van der Waals surface area contributed by atoms with Gasteiger partial charge in [-0.05, 0) is 74.2 Å². The zero-order valence-electron chi connectivity index (χ0n) is 21.2. The van der Waals surface area contributed by atoms with E-state index in [0.29, 0.717) is 24.8 Å². The lowest BCUT2D eigenvalue weighted by Gasteiger charge is -2.25. The zero-order chi connectivity index (χ0) is 25.8. The summed E-state index contributed by atoms with van der Waals surface area (Å²) in [6.07, 6.45) is 5.52. The highest BCUT2D eigenvalue weighted by atomic mass is 16.5. The summed E-state index contributed by atoms with van der Waals surface area (Å²) in [6, 6.07) is 15.1. The van der Waals surface area contributed by atoms with Crippen molar-refractivity contribution < 1.29 is 23.8 Å². The number of nitrogens with one attached hydrogen (secondary N) is 1. The van der Waals surface area contributed by atoms with E-state index in [0.717, 1.165) is 48.4 Å². The number of nitrogens with zero attached hydrogens (tertiary/aromatic N) is 3. The van der Waals surface area contributed by atoms with Crippen LogP contribution in [0, 0.1) is 5.92 Å². The van der Waals surface area contributed by atoms with E-state index in [1.54, 1.807) is 19.1 Å². The van der Waals surface area contributed by atoms with Gasteiger partial charge in [0, 0.05) is 36.5 Å². The van der Waals surface area contributed by atoms with Gasteiger partial charge in [-0.1, -0.05) is 0 Å². The van der Waals surface area contributed by atoms with E-state index in [2.05, 4.69) is 5.32 Å². The van der Waals surface area contributed by atoms with E-state index in [1.165, 1.54) is 0 Å². The van der Waals surface area contributed by atoms with Gasteiger partial charge in [0.05, 0.1) is 26.0 Å². The molecular weight excluding hydrogens is 472 g/mol. The summed E-state index contributed by atoms with van der Waals surface area (Å²) in [6.45, 7) is 1.10. The maximum absolute atomic E-state index is 13.2. The fourth-order valence-electron chi connectivity index (χ4n) is 4.50. The van der Waals surface area contributed by atoms with Crippen LogP contribution in [0.2, 0.25) is 0 Å². The number of ether oxygens (including phenoxy) is 3. The van der Waals surface area contributed by atoms with Crippen LogP contribution in [0.15, 0.2) is 54.7 Å². The topological polar surface area (TPSA) is 94.9 Å². The van der Waals surface area contributed by atoms with E-state index in [4.69, 9.17) is 19.2 Å². The van der Waals surface area contributed by atoms with Crippen LogP contribution < -0.4 is 14.8 Å². The number of carbonyl (C=O) groups excluding carboxylic acids is 2. The maximum atomic E-state index is 13.2. The average molecular weight is 505 g/mol. The lowest BCUT2D eigenvalue weighted by atomic mass is 10.1. The van der Waals surface area contributed by atoms with E-state index in [9.17, 15) is 9.59 Å². The second-order valence-electron chi connectivity index (χ2n) is 9.42. The second kappa shape index (κ2) is 11.0. The summed E-state index contributed by atoms with van der Waals surface area (Å²) >= 11 is 0. The Bertz CT molecular complexity index is 1230. The molecular formula is C28H32N4O5. The monoisotopic (exact) mass is 504 g/mol. The van der Waals surface area contributed by atoms with E-state index < -0.39 is 0 Å². The van der Waals surface area contributed by atoms with Gasteiger partial charge in [0.2, 0.25) is 17.8 Å². The molecule has 1 atom stereocenters. The van der Waals surface area contributed by atoms with Crippen LogP contribution in [-0.2, 0) is 14.3 Å². The number of hydrogen-bond acceptors (Lipinski definition) is 6. The van der Waals surface area contributed by atoms with Crippen molar-refractivity contribution in [3.63, 3.8) is 0 Å². The molecule has 3 aromatic rings. The first-order chi connectivity index (χ1) is 18.0. The first-order valence-electron chi connectivity index (χ1n) is 12.6. The summed E-state index contributed by atoms with van der Waals surface area (Å²) in [5.74, 6) is 1.61. The van der Waals surface area contributed by atoms with Crippen molar-refractivity contribution in [2.75, 3.05) is 39.2 Å². The van der Waals surface area contributed by atoms with Crippen LogP contribution in [0.4, 0.5) is 5.95 Å². The van der Waals surface area contributed by atoms with Crippen molar-refractivity contribution in [3.05, 3.63) is 54.7 Å². The Morgan fingerprint density at radius 1 is 1.03 bits per heavy atom. The Morgan fingerprint density at radius 3 is 2.30 bits per heavy atom. The molecule has 1 aliphatic heterocycles. The number of rotatable bonds is 10. The molecule has 1 saturated carbocycles. The molecule has 2 aromatic carbocycles. The molecule has 2 aliphatic rings. The zero-order valence-corrected chi connectivity index (χ0v) is 21.2. The number of amides is 2. The third-order valence-electron chi connectivity index (χ3n) is 6.71. The lowest BCUT2D eigenvalue weighted by molar-refractivity contribution is -0.137. The summed E-state index contributed by atoms with van der Waals surface area (Å²) in [5, 5.41) is 2.94. The van der Waals surface area contributed by atoms with Crippen molar-refractivity contribution in [2.45, 2.75) is 31.8 Å². The first kappa shape index (κ1) is 24.8. The Morgan fingerprint density at radius 2 is 1.70 bits per heavy atom. The smallest absolute Gasteiger partial charge is 0.246 e. The molecule has 1 N–H and O–H groups in total. The number of hydrogen-bond donors (Lipinski definition) is 1. The predicted octanol–water partition coefficient (Wildman–Crippen LogP) is 3.91. The minimum Gasteiger partial charge on any atom is -0.497 e. The first-order valence-corrected chi connectivity index (χ1v) is 12.6. The van der Waals surface area contributed by atoms with Crippen molar-refractivity contribution in [3.8, 4) is 28.4 Å². The van der Waals surface area contributed by atoms with Crippen molar-refractivity contribution in [2.24, 2.45) is 5.92 Å². The van der Waals surface area contributed by atoms with Crippen LogP contribution >= 0.6 is 0 Å². The molecule has 1 unspecified atom stereocenters. The van der Waals surface area contributed by atoms with Gasteiger partial charge in [-0.2, -0.15) is 0 Å². The number of methoxy groups -OCH3 is 2. The van der Waals surface area contributed by atoms with Gasteiger partial charge in [0.1, 0.15) is 18.0 Å². The van der Waals surface area contributed by atoms with Gasteiger partial charge in [-0.25, -0.2) is 4.98 Å².